The van der Waals surface area contributed by atoms with Crippen LogP contribution in [0.25, 0.3) is 0 Å². The van der Waals surface area contributed by atoms with Crippen LogP contribution in [-0.2, 0) is 9.53 Å². The maximum absolute atomic E-state index is 12.2. The Labute approximate surface area is 98.1 Å². The highest BCUT2D eigenvalue weighted by atomic mass is 16.5. The van der Waals surface area contributed by atoms with Gasteiger partial charge in [-0.15, -0.1) is 0 Å². The minimum absolute atomic E-state index is 0.0698. The number of nitrogens with zero attached hydrogens (tertiary/aromatic N) is 1. The highest BCUT2D eigenvalue weighted by Crippen LogP contribution is 2.24. The number of hydrogen-bond donors (Lipinski definition) is 1. The molecule has 1 aliphatic heterocycles. The molecule has 0 aliphatic carbocycles. The minimum Gasteiger partial charge on any atom is -0.369 e. The van der Waals surface area contributed by atoms with Gasteiger partial charge in [-0.1, -0.05) is 6.92 Å². The topological polar surface area (TPSA) is 55.6 Å². The second-order valence-corrected chi connectivity index (χ2v) is 5.23. The predicted octanol–water partition coefficient (Wildman–Crippen LogP) is 0.855. The number of rotatable bonds is 3. The summed E-state index contributed by atoms with van der Waals surface area (Å²) in [6.07, 6.45) is 1.04. The molecule has 1 rings (SSSR count). The van der Waals surface area contributed by atoms with Crippen molar-refractivity contribution >= 4 is 5.91 Å². The van der Waals surface area contributed by atoms with Crippen molar-refractivity contribution in [2.24, 2.45) is 17.6 Å². The van der Waals surface area contributed by atoms with Gasteiger partial charge in [-0.3, -0.25) is 4.79 Å². The van der Waals surface area contributed by atoms with E-state index in [4.69, 9.17) is 10.5 Å². The van der Waals surface area contributed by atoms with Gasteiger partial charge in [0.25, 0.3) is 5.91 Å². The van der Waals surface area contributed by atoms with Gasteiger partial charge in [-0.25, -0.2) is 0 Å². The first-order chi connectivity index (χ1) is 7.42. The van der Waals surface area contributed by atoms with Gasteiger partial charge >= 0.3 is 0 Å². The molecular weight excluding hydrogens is 204 g/mol. The largest absolute Gasteiger partial charge is 0.369 e. The van der Waals surface area contributed by atoms with E-state index in [0.29, 0.717) is 18.4 Å². The SMILES string of the molecule is COC(C)(C)C(=O)N1CCC(C)C(CN)C1. The molecule has 94 valence electrons. The summed E-state index contributed by atoms with van der Waals surface area (Å²) < 4.78 is 5.23. The Bertz CT molecular complexity index is 253. The molecule has 1 fully saturated rings. The van der Waals surface area contributed by atoms with Gasteiger partial charge in [0.05, 0.1) is 0 Å². The van der Waals surface area contributed by atoms with E-state index >= 15 is 0 Å². The lowest BCUT2D eigenvalue weighted by Crippen LogP contribution is -2.52. The van der Waals surface area contributed by atoms with Crippen LogP contribution < -0.4 is 5.73 Å². The highest BCUT2D eigenvalue weighted by molar-refractivity contribution is 5.84. The number of carbonyl (C=O) groups excluding carboxylic acids is 1. The third-order valence-electron chi connectivity index (χ3n) is 3.73. The Morgan fingerprint density at radius 3 is 2.69 bits per heavy atom. The van der Waals surface area contributed by atoms with Gasteiger partial charge in [-0.05, 0) is 38.6 Å². The molecule has 0 spiro atoms. The Balaban J connectivity index is 2.65. The number of hydrogen-bond acceptors (Lipinski definition) is 3. The molecule has 1 aliphatic rings. The molecule has 2 atom stereocenters. The molecule has 0 aromatic carbocycles. The fourth-order valence-corrected chi connectivity index (χ4v) is 2.11. The second kappa shape index (κ2) is 5.15. The number of likely N-dealkylation sites (tertiary alicyclic amines) is 1. The third-order valence-corrected chi connectivity index (χ3v) is 3.73. The van der Waals surface area contributed by atoms with Crippen molar-refractivity contribution in [3.8, 4) is 0 Å². The molecule has 16 heavy (non-hydrogen) atoms. The van der Waals surface area contributed by atoms with Crippen LogP contribution in [0.15, 0.2) is 0 Å². The molecule has 1 amide bonds. The molecule has 1 heterocycles. The average Bonchev–Trinajstić information content (AvgIpc) is 2.28. The summed E-state index contributed by atoms with van der Waals surface area (Å²) in [7, 11) is 1.57. The molecular formula is C12H24N2O2. The van der Waals surface area contributed by atoms with Crippen LogP contribution in [0.1, 0.15) is 27.2 Å². The maximum Gasteiger partial charge on any atom is 0.254 e. The van der Waals surface area contributed by atoms with E-state index in [9.17, 15) is 4.79 Å². The first-order valence-electron chi connectivity index (χ1n) is 5.97. The maximum atomic E-state index is 12.2. The van der Waals surface area contributed by atoms with Crippen molar-refractivity contribution in [1.82, 2.24) is 4.90 Å². The van der Waals surface area contributed by atoms with Crippen molar-refractivity contribution in [1.29, 1.82) is 0 Å². The van der Waals surface area contributed by atoms with E-state index < -0.39 is 5.60 Å². The zero-order valence-electron chi connectivity index (χ0n) is 10.8. The summed E-state index contributed by atoms with van der Waals surface area (Å²) in [5.41, 5.74) is 5.01. The van der Waals surface area contributed by atoms with Crippen LogP contribution in [0.5, 0.6) is 0 Å². The standard InChI is InChI=1S/C12H24N2O2/c1-9-5-6-14(8-10(9)7-13)11(15)12(2,3)16-4/h9-10H,5-8,13H2,1-4H3. The number of ether oxygens (including phenoxy) is 1. The van der Waals surface area contributed by atoms with Crippen molar-refractivity contribution in [3.63, 3.8) is 0 Å². The zero-order valence-corrected chi connectivity index (χ0v) is 10.8. The van der Waals surface area contributed by atoms with Crippen LogP contribution in [-0.4, -0.2) is 43.2 Å². The summed E-state index contributed by atoms with van der Waals surface area (Å²) in [6.45, 7) is 8.07. The molecule has 2 unspecified atom stereocenters. The Morgan fingerprint density at radius 1 is 1.56 bits per heavy atom. The van der Waals surface area contributed by atoms with E-state index in [0.717, 1.165) is 19.5 Å². The zero-order chi connectivity index (χ0) is 12.3. The Hall–Kier alpha value is -0.610. The quantitative estimate of drug-likeness (QED) is 0.779. The fraction of sp³-hybridized carbons (Fsp3) is 0.917. The van der Waals surface area contributed by atoms with E-state index in [-0.39, 0.29) is 5.91 Å². The lowest BCUT2D eigenvalue weighted by atomic mass is 9.86. The first kappa shape index (κ1) is 13.5. The van der Waals surface area contributed by atoms with Crippen molar-refractivity contribution in [2.75, 3.05) is 26.7 Å². The van der Waals surface area contributed by atoms with Crippen LogP contribution in [0.3, 0.4) is 0 Å². The Morgan fingerprint density at radius 2 is 2.19 bits per heavy atom. The lowest BCUT2D eigenvalue weighted by molar-refractivity contribution is -0.153. The first-order valence-corrected chi connectivity index (χ1v) is 5.97. The van der Waals surface area contributed by atoms with Gasteiger partial charge < -0.3 is 15.4 Å². The summed E-state index contributed by atoms with van der Waals surface area (Å²) in [6, 6.07) is 0. The molecule has 0 aromatic rings. The van der Waals surface area contributed by atoms with Crippen molar-refractivity contribution < 1.29 is 9.53 Å². The average molecular weight is 228 g/mol. The molecule has 0 bridgehead atoms. The summed E-state index contributed by atoms with van der Waals surface area (Å²) in [5.74, 6) is 1.10. The Kier molecular flexibility index (Phi) is 4.33. The number of amides is 1. The number of nitrogens with two attached hydrogens (primary N) is 1. The van der Waals surface area contributed by atoms with Crippen molar-refractivity contribution in [2.45, 2.75) is 32.8 Å². The van der Waals surface area contributed by atoms with Crippen LogP contribution in [0.2, 0.25) is 0 Å². The van der Waals surface area contributed by atoms with Gasteiger partial charge in [0.15, 0.2) is 0 Å². The van der Waals surface area contributed by atoms with E-state index in [1.165, 1.54) is 0 Å². The highest BCUT2D eigenvalue weighted by Gasteiger charge is 2.35. The molecule has 2 N–H and O–H groups in total. The summed E-state index contributed by atoms with van der Waals surface area (Å²) in [4.78, 5) is 14.1. The van der Waals surface area contributed by atoms with E-state index in [2.05, 4.69) is 6.92 Å². The van der Waals surface area contributed by atoms with Crippen LogP contribution in [0.4, 0.5) is 0 Å². The molecule has 0 radical (unpaired) electrons. The number of methoxy groups -OCH3 is 1. The van der Waals surface area contributed by atoms with Gasteiger partial charge in [0.1, 0.15) is 5.60 Å². The number of piperidine rings is 1. The fourth-order valence-electron chi connectivity index (χ4n) is 2.11. The molecule has 1 saturated heterocycles. The van der Waals surface area contributed by atoms with Crippen molar-refractivity contribution in [3.05, 3.63) is 0 Å². The normalized spacial score (nSPS) is 26.9. The monoisotopic (exact) mass is 228 g/mol. The molecule has 0 saturated carbocycles. The second-order valence-electron chi connectivity index (χ2n) is 5.23. The van der Waals surface area contributed by atoms with E-state index in [1.54, 1.807) is 7.11 Å². The molecule has 0 aromatic heterocycles. The van der Waals surface area contributed by atoms with Gasteiger partial charge in [0, 0.05) is 20.2 Å². The molecule has 4 nitrogen and oxygen atoms in total. The molecule has 4 heteroatoms. The predicted molar refractivity (Wildman–Crippen MR) is 64.0 cm³/mol. The van der Waals surface area contributed by atoms with Gasteiger partial charge in [-0.2, -0.15) is 0 Å². The van der Waals surface area contributed by atoms with Gasteiger partial charge in [0.2, 0.25) is 0 Å². The van der Waals surface area contributed by atoms with E-state index in [1.807, 2.05) is 18.7 Å². The number of carbonyl (C=O) groups is 1. The summed E-state index contributed by atoms with van der Waals surface area (Å²) >= 11 is 0. The lowest BCUT2D eigenvalue weighted by Gasteiger charge is -2.39. The summed E-state index contributed by atoms with van der Waals surface area (Å²) in [5, 5.41) is 0. The smallest absolute Gasteiger partial charge is 0.254 e. The third kappa shape index (κ3) is 2.74. The van der Waals surface area contributed by atoms with Crippen LogP contribution >= 0.6 is 0 Å². The van der Waals surface area contributed by atoms with Crippen LogP contribution in [0, 0.1) is 11.8 Å². The minimum atomic E-state index is -0.722.